The molecule has 1 aromatic carbocycles. The summed E-state index contributed by atoms with van der Waals surface area (Å²) in [5.74, 6) is 1.46. The van der Waals surface area contributed by atoms with Crippen LogP contribution >= 0.6 is 0 Å². The lowest BCUT2D eigenvalue weighted by Gasteiger charge is -2.23. The number of nitrogens with zero attached hydrogens (tertiary/aromatic N) is 6. The zero-order chi connectivity index (χ0) is 28.9. The molecule has 0 bridgehead atoms. The predicted molar refractivity (Wildman–Crippen MR) is 147 cm³/mol. The molecule has 40 heavy (non-hydrogen) atoms. The van der Waals surface area contributed by atoms with Crippen LogP contribution in [0.2, 0.25) is 0 Å². The van der Waals surface area contributed by atoms with Crippen molar-refractivity contribution < 1.29 is 27.4 Å². The third-order valence-electron chi connectivity index (χ3n) is 6.00. The van der Waals surface area contributed by atoms with Gasteiger partial charge in [-0.05, 0) is 44.5 Å². The number of hydrogen-bond acceptors (Lipinski definition) is 11. The largest absolute Gasteiger partial charge is 0.494 e. The summed E-state index contributed by atoms with van der Waals surface area (Å²) < 4.78 is 53.9. The van der Waals surface area contributed by atoms with E-state index in [0.29, 0.717) is 28.8 Å². The Morgan fingerprint density at radius 3 is 2.20 bits per heavy atom. The number of ether oxygens (including phenoxy) is 4. The highest BCUT2D eigenvalue weighted by atomic mass is 32.2. The number of aromatic nitrogens is 6. The van der Waals surface area contributed by atoms with Gasteiger partial charge in [0.15, 0.2) is 11.6 Å². The maximum atomic E-state index is 13.8. The SMILES string of the molecule is CCO[C@H](c1ncc(C)cn1)[C@@H](C)S(=O)(=O)Nc1nnc(-c2cccc(OC)n2)n1-c1c(OC)cccc1OC. The molecule has 2 atom stereocenters. The smallest absolute Gasteiger partial charge is 0.243 e. The van der Waals surface area contributed by atoms with Crippen molar-refractivity contribution in [2.75, 3.05) is 32.7 Å². The highest BCUT2D eigenvalue weighted by molar-refractivity contribution is 7.93. The first-order chi connectivity index (χ1) is 19.2. The number of benzene rings is 1. The van der Waals surface area contributed by atoms with E-state index < -0.39 is 21.4 Å². The zero-order valence-corrected chi connectivity index (χ0v) is 23.8. The number of methoxy groups -OCH3 is 3. The lowest BCUT2D eigenvalue weighted by atomic mass is 10.2. The molecule has 3 aromatic heterocycles. The zero-order valence-electron chi connectivity index (χ0n) is 23.0. The van der Waals surface area contributed by atoms with Crippen molar-refractivity contribution >= 4 is 16.0 Å². The Balaban J connectivity index is 1.85. The monoisotopic (exact) mass is 569 g/mol. The summed E-state index contributed by atoms with van der Waals surface area (Å²) in [6, 6.07) is 10.3. The summed E-state index contributed by atoms with van der Waals surface area (Å²) in [7, 11) is 0.329. The van der Waals surface area contributed by atoms with Crippen LogP contribution in [0.1, 0.15) is 31.3 Å². The molecular weight excluding hydrogens is 538 g/mol. The molecule has 0 fully saturated rings. The highest BCUT2D eigenvalue weighted by Crippen LogP contribution is 2.38. The summed E-state index contributed by atoms with van der Waals surface area (Å²) >= 11 is 0. The first-order valence-electron chi connectivity index (χ1n) is 12.3. The molecule has 0 spiro atoms. The van der Waals surface area contributed by atoms with Gasteiger partial charge in [-0.25, -0.2) is 23.4 Å². The van der Waals surface area contributed by atoms with Crippen LogP contribution in [0, 0.1) is 6.92 Å². The van der Waals surface area contributed by atoms with E-state index in [0.717, 1.165) is 5.56 Å². The number of rotatable bonds is 12. The van der Waals surface area contributed by atoms with Crippen LogP contribution in [0.3, 0.4) is 0 Å². The first kappa shape index (κ1) is 28.7. The molecule has 0 radical (unpaired) electrons. The Morgan fingerprint density at radius 1 is 0.950 bits per heavy atom. The average molecular weight is 570 g/mol. The molecule has 1 N–H and O–H groups in total. The van der Waals surface area contributed by atoms with Gasteiger partial charge in [0.1, 0.15) is 34.2 Å². The molecule has 212 valence electrons. The van der Waals surface area contributed by atoms with Crippen LogP contribution in [-0.4, -0.2) is 71.3 Å². The highest BCUT2D eigenvalue weighted by Gasteiger charge is 2.35. The standard InChI is InChI=1S/C26H31N7O6S/c1-7-39-23(24-27-14-16(2)15-28-24)17(3)40(34,35)32-26-31-30-25(18-10-8-13-21(29-18)38-6)33(26)22-19(36-4)11-9-12-20(22)37-5/h8-15,17,23H,7H2,1-6H3,(H,31,32)/t17-,23+/m1/s1. The van der Waals surface area contributed by atoms with Gasteiger partial charge in [0.2, 0.25) is 21.9 Å². The lowest BCUT2D eigenvalue weighted by molar-refractivity contribution is 0.0557. The van der Waals surface area contributed by atoms with Crippen molar-refractivity contribution in [2.24, 2.45) is 0 Å². The summed E-state index contributed by atoms with van der Waals surface area (Å²) in [4.78, 5) is 13.1. The normalized spacial score (nSPS) is 12.9. The van der Waals surface area contributed by atoms with E-state index in [-0.39, 0.29) is 24.2 Å². The maximum Gasteiger partial charge on any atom is 0.243 e. The Kier molecular flexibility index (Phi) is 8.80. The Labute approximate surface area is 232 Å². The van der Waals surface area contributed by atoms with Crippen LogP contribution in [0.4, 0.5) is 5.95 Å². The number of hydrogen-bond donors (Lipinski definition) is 1. The van der Waals surface area contributed by atoms with Crippen LogP contribution < -0.4 is 18.9 Å². The molecule has 0 aliphatic carbocycles. The fourth-order valence-electron chi connectivity index (χ4n) is 3.97. The van der Waals surface area contributed by atoms with Crippen LogP contribution in [0.15, 0.2) is 48.8 Å². The molecule has 13 nitrogen and oxygen atoms in total. The Bertz CT molecular complexity index is 1540. The fraction of sp³-hybridized carbons (Fsp3) is 0.346. The van der Waals surface area contributed by atoms with Gasteiger partial charge in [0.05, 0.1) is 21.3 Å². The summed E-state index contributed by atoms with van der Waals surface area (Å²) in [5.41, 5.74) is 1.58. The van der Waals surface area contributed by atoms with Gasteiger partial charge in [-0.1, -0.05) is 12.1 Å². The summed E-state index contributed by atoms with van der Waals surface area (Å²) in [6.07, 6.45) is 2.28. The molecule has 0 saturated carbocycles. The van der Waals surface area contributed by atoms with Crippen LogP contribution in [0.5, 0.6) is 17.4 Å². The second kappa shape index (κ2) is 12.3. The van der Waals surface area contributed by atoms with E-state index >= 15 is 0 Å². The molecule has 0 aliphatic heterocycles. The molecule has 0 saturated heterocycles. The van der Waals surface area contributed by atoms with Gasteiger partial charge in [-0.2, -0.15) is 0 Å². The van der Waals surface area contributed by atoms with Crippen LogP contribution in [-0.2, 0) is 14.8 Å². The van der Waals surface area contributed by atoms with Gasteiger partial charge < -0.3 is 18.9 Å². The van der Waals surface area contributed by atoms with E-state index in [1.165, 1.54) is 32.8 Å². The number of pyridine rings is 1. The minimum absolute atomic E-state index is 0.116. The van der Waals surface area contributed by atoms with Gasteiger partial charge in [0.25, 0.3) is 0 Å². The maximum absolute atomic E-state index is 13.8. The van der Waals surface area contributed by atoms with Crippen molar-refractivity contribution in [3.05, 3.63) is 60.2 Å². The molecule has 0 unspecified atom stereocenters. The number of nitrogens with one attached hydrogen (secondary N) is 1. The van der Waals surface area contributed by atoms with Gasteiger partial charge in [0, 0.05) is 25.1 Å². The third-order valence-corrected chi connectivity index (χ3v) is 7.69. The Morgan fingerprint density at radius 2 is 1.60 bits per heavy atom. The number of aryl methyl sites for hydroxylation is 1. The van der Waals surface area contributed by atoms with Crippen molar-refractivity contribution in [1.82, 2.24) is 29.7 Å². The second-order valence-electron chi connectivity index (χ2n) is 8.61. The molecule has 4 aromatic rings. The van der Waals surface area contributed by atoms with E-state index in [9.17, 15) is 8.42 Å². The average Bonchev–Trinajstić information content (AvgIpc) is 3.37. The lowest BCUT2D eigenvalue weighted by Crippen LogP contribution is -2.34. The summed E-state index contributed by atoms with van der Waals surface area (Å²) in [6.45, 7) is 5.38. The third kappa shape index (κ3) is 5.82. The molecule has 4 rings (SSSR count). The second-order valence-corrected chi connectivity index (χ2v) is 10.6. The van der Waals surface area contributed by atoms with Gasteiger partial charge in [-0.15, -0.1) is 10.2 Å². The van der Waals surface area contributed by atoms with Gasteiger partial charge in [-0.3, -0.25) is 9.29 Å². The van der Waals surface area contributed by atoms with E-state index in [1.807, 2.05) is 6.92 Å². The molecule has 0 amide bonds. The van der Waals surface area contributed by atoms with Crippen molar-refractivity contribution in [3.63, 3.8) is 0 Å². The molecular formula is C26H31N7O6S. The van der Waals surface area contributed by atoms with E-state index in [2.05, 4.69) is 29.9 Å². The quantitative estimate of drug-likeness (QED) is 0.267. The molecule has 3 heterocycles. The first-order valence-corrected chi connectivity index (χ1v) is 13.9. The minimum Gasteiger partial charge on any atom is -0.494 e. The van der Waals surface area contributed by atoms with Gasteiger partial charge >= 0.3 is 0 Å². The van der Waals surface area contributed by atoms with Crippen molar-refractivity contribution in [3.8, 4) is 34.6 Å². The van der Waals surface area contributed by atoms with E-state index in [4.69, 9.17) is 18.9 Å². The fourth-order valence-corrected chi connectivity index (χ4v) is 5.06. The number of sulfonamides is 1. The van der Waals surface area contributed by atoms with Crippen molar-refractivity contribution in [1.29, 1.82) is 0 Å². The minimum atomic E-state index is -4.15. The van der Waals surface area contributed by atoms with Crippen LogP contribution in [0.25, 0.3) is 17.2 Å². The van der Waals surface area contributed by atoms with E-state index in [1.54, 1.807) is 55.7 Å². The topological polar surface area (TPSA) is 152 Å². The Hall–Kier alpha value is -4.30. The predicted octanol–water partition coefficient (Wildman–Crippen LogP) is 3.36. The summed E-state index contributed by atoms with van der Waals surface area (Å²) in [5, 5.41) is 7.36. The number of anilines is 1. The number of para-hydroxylation sites is 1. The van der Waals surface area contributed by atoms with Crippen molar-refractivity contribution in [2.45, 2.75) is 32.1 Å². The molecule has 0 aliphatic rings. The molecule has 14 heteroatoms.